The Balaban J connectivity index is 2.11. The van der Waals surface area contributed by atoms with Crippen LogP contribution in [0.2, 0.25) is 0 Å². The number of carbonyl (C=O) groups is 1. The van der Waals surface area contributed by atoms with Gasteiger partial charge in [-0.2, -0.15) is 0 Å². The van der Waals surface area contributed by atoms with Crippen LogP contribution in [0, 0.1) is 12.8 Å². The molecule has 0 aliphatic carbocycles. The fourth-order valence-electron chi connectivity index (χ4n) is 1.95. The highest BCUT2D eigenvalue weighted by Crippen LogP contribution is 2.20. The van der Waals surface area contributed by atoms with Gasteiger partial charge in [-0.3, -0.25) is 4.79 Å². The maximum atomic E-state index is 12.1. The zero-order chi connectivity index (χ0) is 10.8. The van der Waals surface area contributed by atoms with Gasteiger partial charge in [0.1, 0.15) is 4.88 Å². The van der Waals surface area contributed by atoms with Crippen LogP contribution in [0.25, 0.3) is 0 Å². The number of hydrogen-bond donors (Lipinski definition) is 0. The highest BCUT2D eigenvalue weighted by molar-refractivity contribution is 7.07. The highest BCUT2D eigenvalue weighted by atomic mass is 32.1. The van der Waals surface area contributed by atoms with E-state index < -0.39 is 0 Å². The van der Waals surface area contributed by atoms with Crippen molar-refractivity contribution in [2.24, 2.45) is 5.92 Å². The Bertz CT molecular complexity index is 363. The van der Waals surface area contributed by atoms with E-state index in [1.54, 1.807) is 0 Å². The molecule has 2 rings (SSSR count). The average molecular weight is 225 g/mol. The molecule has 1 fully saturated rings. The van der Waals surface area contributed by atoms with E-state index in [1.165, 1.54) is 18.0 Å². The molecule has 0 bridgehead atoms. The van der Waals surface area contributed by atoms with E-state index in [0.717, 1.165) is 25.2 Å². The van der Waals surface area contributed by atoms with E-state index in [2.05, 4.69) is 16.5 Å². The molecular weight excluding hydrogens is 210 g/mol. The molecule has 0 unspecified atom stereocenters. The summed E-state index contributed by atoms with van der Waals surface area (Å²) in [5, 5.41) is 3.87. The molecule has 0 radical (unpaired) electrons. The second kappa shape index (κ2) is 4.26. The summed E-state index contributed by atoms with van der Waals surface area (Å²) in [6.45, 7) is 5.78. The van der Waals surface area contributed by atoms with Crippen LogP contribution in [0.3, 0.4) is 0 Å². The summed E-state index contributed by atoms with van der Waals surface area (Å²) in [6, 6.07) is 0. The number of likely N-dealkylation sites (tertiary alicyclic amines) is 1. The molecule has 4 nitrogen and oxygen atoms in total. The van der Waals surface area contributed by atoms with Gasteiger partial charge in [0.25, 0.3) is 5.91 Å². The van der Waals surface area contributed by atoms with Crippen LogP contribution in [-0.4, -0.2) is 33.5 Å². The predicted octanol–water partition coefficient (Wildman–Crippen LogP) is 1.72. The maximum Gasteiger partial charge on any atom is 0.267 e. The lowest BCUT2D eigenvalue weighted by atomic mass is 10.0. The number of piperidine rings is 1. The summed E-state index contributed by atoms with van der Waals surface area (Å²) in [5.41, 5.74) is 0.753. The van der Waals surface area contributed by atoms with E-state index in [-0.39, 0.29) is 5.91 Å². The molecule has 0 N–H and O–H groups in total. The zero-order valence-corrected chi connectivity index (χ0v) is 9.88. The zero-order valence-electron chi connectivity index (χ0n) is 9.06. The molecule has 82 valence electrons. The average Bonchev–Trinajstić information content (AvgIpc) is 2.63. The number of amides is 1. The smallest absolute Gasteiger partial charge is 0.267 e. The van der Waals surface area contributed by atoms with Crippen molar-refractivity contribution in [3.63, 3.8) is 0 Å². The largest absolute Gasteiger partial charge is 0.338 e. The molecule has 1 atom stereocenters. The van der Waals surface area contributed by atoms with E-state index >= 15 is 0 Å². The van der Waals surface area contributed by atoms with Crippen molar-refractivity contribution in [1.29, 1.82) is 0 Å². The summed E-state index contributed by atoms with van der Waals surface area (Å²) < 4.78 is 3.80. The molecule has 2 heterocycles. The first-order valence-corrected chi connectivity index (χ1v) is 6.04. The summed E-state index contributed by atoms with van der Waals surface area (Å²) in [6.07, 6.45) is 2.34. The summed E-state index contributed by atoms with van der Waals surface area (Å²) in [7, 11) is 0. The van der Waals surface area contributed by atoms with Crippen LogP contribution in [0.1, 0.15) is 35.1 Å². The number of nitrogens with zero attached hydrogens (tertiary/aromatic N) is 3. The monoisotopic (exact) mass is 225 g/mol. The Labute approximate surface area is 93.5 Å². The Hall–Kier alpha value is -0.970. The second-order valence-electron chi connectivity index (χ2n) is 4.19. The maximum absolute atomic E-state index is 12.1. The van der Waals surface area contributed by atoms with Crippen molar-refractivity contribution < 1.29 is 4.79 Å². The van der Waals surface area contributed by atoms with Crippen LogP contribution in [-0.2, 0) is 0 Å². The van der Waals surface area contributed by atoms with E-state index in [1.807, 2.05) is 11.8 Å². The second-order valence-corrected chi connectivity index (χ2v) is 4.94. The lowest BCUT2D eigenvalue weighted by Crippen LogP contribution is -2.39. The summed E-state index contributed by atoms with van der Waals surface area (Å²) >= 11 is 1.20. The highest BCUT2D eigenvalue weighted by Gasteiger charge is 2.24. The SMILES string of the molecule is Cc1nnsc1C(=O)N1CCC[C@H](C)C1. The summed E-state index contributed by atoms with van der Waals surface area (Å²) in [5.74, 6) is 0.720. The van der Waals surface area contributed by atoms with E-state index in [9.17, 15) is 4.79 Å². The first-order valence-electron chi connectivity index (χ1n) is 5.26. The van der Waals surface area contributed by atoms with Crippen LogP contribution in [0.4, 0.5) is 0 Å². The standard InChI is InChI=1S/C10H15N3OS/c1-7-4-3-5-13(6-7)10(14)9-8(2)11-12-15-9/h7H,3-6H2,1-2H3/t7-/m0/s1. The number of carbonyl (C=O) groups excluding carboxylic acids is 1. The minimum atomic E-state index is 0.106. The van der Waals surface area contributed by atoms with E-state index in [0.29, 0.717) is 10.8 Å². The minimum Gasteiger partial charge on any atom is -0.338 e. The predicted molar refractivity (Wildman–Crippen MR) is 58.9 cm³/mol. The van der Waals surface area contributed by atoms with Gasteiger partial charge in [0.15, 0.2) is 0 Å². The third-order valence-corrected chi connectivity index (χ3v) is 3.61. The van der Waals surface area contributed by atoms with Gasteiger partial charge in [0.05, 0.1) is 5.69 Å². The third-order valence-electron chi connectivity index (χ3n) is 2.79. The number of aromatic nitrogens is 2. The number of aryl methyl sites for hydroxylation is 1. The third kappa shape index (κ3) is 2.17. The van der Waals surface area contributed by atoms with Crippen molar-refractivity contribution in [2.45, 2.75) is 26.7 Å². The van der Waals surface area contributed by atoms with Crippen molar-refractivity contribution in [3.8, 4) is 0 Å². The van der Waals surface area contributed by atoms with Crippen LogP contribution in [0.5, 0.6) is 0 Å². The van der Waals surface area contributed by atoms with Gasteiger partial charge in [0.2, 0.25) is 0 Å². The number of hydrogen-bond acceptors (Lipinski definition) is 4. The van der Waals surface area contributed by atoms with Gasteiger partial charge in [-0.25, -0.2) is 0 Å². The summed E-state index contributed by atoms with van der Waals surface area (Å²) in [4.78, 5) is 14.7. The lowest BCUT2D eigenvalue weighted by Gasteiger charge is -2.30. The van der Waals surface area contributed by atoms with Gasteiger partial charge in [-0.05, 0) is 37.2 Å². The van der Waals surface area contributed by atoms with Crippen LogP contribution in [0.15, 0.2) is 0 Å². The van der Waals surface area contributed by atoms with Crippen molar-refractivity contribution in [3.05, 3.63) is 10.6 Å². The van der Waals surface area contributed by atoms with Crippen molar-refractivity contribution in [2.75, 3.05) is 13.1 Å². The molecule has 15 heavy (non-hydrogen) atoms. The normalized spacial score (nSPS) is 21.7. The molecule has 1 aromatic rings. The van der Waals surface area contributed by atoms with Gasteiger partial charge in [0, 0.05) is 13.1 Å². The Morgan fingerprint density at radius 1 is 1.60 bits per heavy atom. The molecule has 5 heteroatoms. The first kappa shape index (κ1) is 10.5. The Morgan fingerprint density at radius 3 is 3.00 bits per heavy atom. The van der Waals surface area contributed by atoms with Crippen LogP contribution >= 0.6 is 11.5 Å². The minimum absolute atomic E-state index is 0.106. The molecule has 1 amide bonds. The van der Waals surface area contributed by atoms with Gasteiger partial charge in [-0.1, -0.05) is 11.4 Å². The molecule has 0 spiro atoms. The molecule has 0 aromatic carbocycles. The first-order chi connectivity index (χ1) is 7.18. The number of rotatable bonds is 1. The fourth-order valence-corrected chi connectivity index (χ4v) is 2.57. The molecule has 1 aliphatic rings. The van der Waals surface area contributed by atoms with Crippen molar-refractivity contribution in [1.82, 2.24) is 14.5 Å². The quantitative estimate of drug-likeness (QED) is 0.731. The van der Waals surface area contributed by atoms with Crippen LogP contribution < -0.4 is 0 Å². The Kier molecular flexibility index (Phi) is 3.00. The fraction of sp³-hybridized carbons (Fsp3) is 0.700. The van der Waals surface area contributed by atoms with Gasteiger partial charge in [-0.15, -0.1) is 5.10 Å². The molecule has 1 aromatic heterocycles. The lowest BCUT2D eigenvalue weighted by molar-refractivity contribution is 0.0687. The molecule has 1 aliphatic heterocycles. The van der Waals surface area contributed by atoms with Gasteiger partial charge < -0.3 is 4.90 Å². The molecule has 0 saturated carbocycles. The Morgan fingerprint density at radius 2 is 2.40 bits per heavy atom. The van der Waals surface area contributed by atoms with Gasteiger partial charge >= 0.3 is 0 Å². The molecular formula is C10H15N3OS. The van der Waals surface area contributed by atoms with Crippen molar-refractivity contribution >= 4 is 17.4 Å². The topological polar surface area (TPSA) is 46.1 Å². The molecule has 1 saturated heterocycles. The van der Waals surface area contributed by atoms with E-state index in [4.69, 9.17) is 0 Å².